The monoisotopic (exact) mass is 420 g/mol. The Morgan fingerprint density at radius 1 is 1.07 bits per heavy atom. The van der Waals surface area contributed by atoms with E-state index in [0.29, 0.717) is 28.2 Å². The second kappa shape index (κ2) is 7.37. The van der Waals surface area contributed by atoms with Crippen LogP contribution in [0.25, 0.3) is 22.6 Å². The van der Waals surface area contributed by atoms with Gasteiger partial charge >= 0.3 is 0 Å². The summed E-state index contributed by atoms with van der Waals surface area (Å²) in [5.74, 6) is 0.401. The zero-order valence-electron chi connectivity index (χ0n) is 14.7. The minimum Gasteiger partial charge on any atom is -0.436 e. The predicted molar refractivity (Wildman–Crippen MR) is 111 cm³/mol. The van der Waals surface area contributed by atoms with Gasteiger partial charge in [-0.25, -0.2) is 4.98 Å². The maximum Gasteiger partial charge on any atom is 0.255 e. The molecule has 134 valence electrons. The first-order valence-corrected chi connectivity index (χ1v) is 9.48. The van der Waals surface area contributed by atoms with Gasteiger partial charge in [-0.1, -0.05) is 41.1 Å². The number of aryl methyl sites for hydroxylation is 1. The van der Waals surface area contributed by atoms with E-state index in [-0.39, 0.29) is 5.91 Å². The second-order valence-corrected chi connectivity index (χ2v) is 7.13. The molecule has 27 heavy (non-hydrogen) atoms. The van der Waals surface area contributed by atoms with Crippen LogP contribution in [0.1, 0.15) is 22.8 Å². The number of oxazole rings is 1. The Labute approximate surface area is 165 Å². The number of carbonyl (C=O) groups excluding carboxylic acids is 1. The highest BCUT2D eigenvalue weighted by atomic mass is 79.9. The van der Waals surface area contributed by atoms with Gasteiger partial charge in [-0.2, -0.15) is 0 Å². The van der Waals surface area contributed by atoms with E-state index in [9.17, 15) is 4.79 Å². The maximum atomic E-state index is 12.4. The molecule has 1 N–H and O–H groups in total. The fraction of sp³-hybridized carbons (Fsp3) is 0.0909. The van der Waals surface area contributed by atoms with Gasteiger partial charge in [0.1, 0.15) is 5.52 Å². The number of amides is 1. The lowest BCUT2D eigenvalue weighted by atomic mass is 10.1. The Hall–Kier alpha value is -2.92. The number of nitrogens with one attached hydrogen (secondary N) is 1. The Bertz CT molecular complexity index is 1120. The van der Waals surface area contributed by atoms with Crippen LogP contribution in [0.2, 0.25) is 0 Å². The van der Waals surface area contributed by atoms with Crippen molar-refractivity contribution < 1.29 is 9.21 Å². The molecule has 4 nitrogen and oxygen atoms in total. The minimum absolute atomic E-state index is 0.172. The number of hydrogen-bond donors (Lipinski definition) is 1. The van der Waals surface area contributed by atoms with E-state index in [0.717, 1.165) is 16.5 Å². The molecule has 0 aliphatic heterocycles. The van der Waals surface area contributed by atoms with Crippen molar-refractivity contribution >= 4 is 38.6 Å². The summed E-state index contributed by atoms with van der Waals surface area (Å²) in [4.78, 5) is 17.0. The Balaban J connectivity index is 1.59. The molecule has 0 saturated carbocycles. The molecule has 5 heteroatoms. The fourth-order valence-electron chi connectivity index (χ4n) is 2.84. The smallest absolute Gasteiger partial charge is 0.255 e. The summed E-state index contributed by atoms with van der Waals surface area (Å²) < 4.78 is 6.72. The van der Waals surface area contributed by atoms with Crippen LogP contribution in [-0.4, -0.2) is 10.9 Å². The van der Waals surface area contributed by atoms with Crippen LogP contribution in [0, 0.1) is 0 Å². The van der Waals surface area contributed by atoms with E-state index >= 15 is 0 Å². The lowest BCUT2D eigenvalue weighted by Gasteiger charge is -2.05. The number of aromatic nitrogens is 1. The molecule has 0 unspecified atom stereocenters. The van der Waals surface area contributed by atoms with E-state index in [4.69, 9.17) is 4.42 Å². The van der Waals surface area contributed by atoms with Gasteiger partial charge in [0, 0.05) is 21.3 Å². The number of anilines is 1. The van der Waals surface area contributed by atoms with Gasteiger partial charge in [-0.3, -0.25) is 4.79 Å². The molecular formula is C22H17BrN2O2. The summed E-state index contributed by atoms with van der Waals surface area (Å²) in [6.45, 7) is 2.12. The van der Waals surface area contributed by atoms with Crippen molar-refractivity contribution in [1.29, 1.82) is 0 Å². The molecule has 0 atom stereocenters. The molecule has 0 fully saturated rings. The Kier molecular flexibility index (Phi) is 4.77. The van der Waals surface area contributed by atoms with Crippen molar-refractivity contribution in [3.8, 4) is 11.5 Å². The molecule has 0 aliphatic rings. The summed E-state index contributed by atoms with van der Waals surface area (Å²) in [6, 6.07) is 20.9. The van der Waals surface area contributed by atoms with E-state index in [1.165, 1.54) is 5.56 Å². The highest BCUT2D eigenvalue weighted by Crippen LogP contribution is 2.27. The van der Waals surface area contributed by atoms with Crippen molar-refractivity contribution in [3.63, 3.8) is 0 Å². The number of hydrogen-bond acceptors (Lipinski definition) is 3. The van der Waals surface area contributed by atoms with Crippen LogP contribution in [-0.2, 0) is 6.42 Å². The van der Waals surface area contributed by atoms with Gasteiger partial charge in [0.15, 0.2) is 5.58 Å². The van der Waals surface area contributed by atoms with Crippen LogP contribution < -0.4 is 5.32 Å². The number of carbonyl (C=O) groups is 1. The average Bonchev–Trinajstić information content (AvgIpc) is 3.11. The normalized spacial score (nSPS) is 10.9. The molecule has 4 rings (SSSR count). The Morgan fingerprint density at radius 2 is 1.89 bits per heavy atom. The standard InChI is InChI=1S/C22H17BrN2O2/c1-2-14-6-8-15(9-7-14)22-25-19-13-18(10-11-20(19)27-22)24-21(26)16-4-3-5-17(23)12-16/h3-13H,2H2,1H3,(H,24,26). The maximum absolute atomic E-state index is 12.4. The minimum atomic E-state index is -0.172. The summed E-state index contributed by atoms with van der Waals surface area (Å²) >= 11 is 3.38. The SMILES string of the molecule is CCc1ccc(-c2nc3cc(NC(=O)c4cccc(Br)c4)ccc3o2)cc1. The zero-order chi connectivity index (χ0) is 18.8. The number of rotatable bonds is 4. The molecular weight excluding hydrogens is 404 g/mol. The first kappa shape index (κ1) is 17.5. The average molecular weight is 421 g/mol. The summed E-state index contributed by atoms with van der Waals surface area (Å²) in [7, 11) is 0. The molecule has 4 aromatic rings. The molecule has 1 heterocycles. The van der Waals surface area contributed by atoms with Crippen LogP contribution in [0.15, 0.2) is 75.6 Å². The van der Waals surface area contributed by atoms with Crippen molar-refractivity contribution in [2.45, 2.75) is 13.3 Å². The van der Waals surface area contributed by atoms with Gasteiger partial charge in [-0.05, 0) is 60.5 Å². The summed E-state index contributed by atoms with van der Waals surface area (Å²) in [5.41, 5.74) is 4.85. The van der Waals surface area contributed by atoms with Crippen LogP contribution >= 0.6 is 15.9 Å². The number of benzene rings is 3. The third kappa shape index (κ3) is 3.78. The lowest BCUT2D eigenvalue weighted by Crippen LogP contribution is -2.11. The van der Waals surface area contributed by atoms with Gasteiger partial charge in [0.2, 0.25) is 5.89 Å². The van der Waals surface area contributed by atoms with Gasteiger partial charge in [-0.15, -0.1) is 0 Å². The van der Waals surface area contributed by atoms with Gasteiger partial charge < -0.3 is 9.73 Å². The summed E-state index contributed by atoms with van der Waals surface area (Å²) in [5, 5.41) is 2.90. The Morgan fingerprint density at radius 3 is 2.63 bits per heavy atom. The molecule has 0 aliphatic carbocycles. The molecule has 3 aromatic carbocycles. The number of halogens is 1. The molecule has 1 amide bonds. The quantitative estimate of drug-likeness (QED) is 0.435. The van der Waals surface area contributed by atoms with E-state index in [1.54, 1.807) is 12.1 Å². The van der Waals surface area contributed by atoms with Crippen molar-refractivity contribution in [2.75, 3.05) is 5.32 Å². The largest absolute Gasteiger partial charge is 0.436 e. The van der Waals surface area contributed by atoms with E-state index in [1.807, 2.05) is 42.5 Å². The molecule has 0 bridgehead atoms. The highest BCUT2D eigenvalue weighted by Gasteiger charge is 2.11. The van der Waals surface area contributed by atoms with E-state index in [2.05, 4.69) is 45.3 Å². The molecule has 0 spiro atoms. The van der Waals surface area contributed by atoms with Crippen LogP contribution in [0.5, 0.6) is 0 Å². The lowest BCUT2D eigenvalue weighted by molar-refractivity contribution is 0.102. The zero-order valence-corrected chi connectivity index (χ0v) is 16.3. The topological polar surface area (TPSA) is 55.1 Å². The molecule has 1 aromatic heterocycles. The molecule has 0 radical (unpaired) electrons. The van der Waals surface area contributed by atoms with Crippen molar-refractivity contribution in [1.82, 2.24) is 4.98 Å². The van der Waals surface area contributed by atoms with Crippen LogP contribution in [0.3, 0.4) is 0 Å². The predicted octanol–water partition coefficient (Wildman–Crippen LogP) is 6.07. The van der Waals surface area contributed by atoms with Gasteiger partial charge in [0.25, 0.3) is 5.91 Å². The highest BCUT2D eigenvalue weighted by molar-refractivity contribution is 9.10. The molecule has 0 saturated heterocycles. The summed E-state index contributed by atoms with van der Waals surface area (Å²) in [6.07, 6.45) is 0.995. The van der Waals surface area contributed by atoms with E-state index < -0.39 is 0 Å². The third-order valence-corrected chi connectivity index (χ3v) is 4.83. The van der Waals surface area contributed by atoms with Crippen molar-refractivity contribution in [3.05, 3.63) is 82.3 Å². The first-order chi connectivity index (χ1) is 13.1. The number of nitrogens with zero attached hydrogens (tertiary/aromatic N) is 1. The van der Waals surface area contributed by atoms with Gasteiger partial charge in [0.05, 0.1) is 0 Å². The number of fused-ring (bicyclic) bond motifs is 1. The fourth-order valence-corrected chi connectivity index (χ4v) is 3.24. The van der Waals surface area contributed by atoms with Crippen LogP contribution in [0.4, 0.5) is 5.69 Å². The third-order valence-electron chi connectivity index (χ3n) is 4.34. The second-order valence-electron chi connectivity index (χ2n) is 6.22. The first-order valence-electron chi connectivity index (χ1n) is 8.69. The van der Waals surface area contributed by atoms with Crippen molar-refractivity contribution in [2.24, 2.45) is 0 Å².